The fourth-order valence-electron chi connectivity index (χ4n) is 3.00. The van der Waals surface area contributed by atoms with Crippen LogP contribution in [0.15, 0.2) is 30.9 Å². The van der Waals surface area contributed by atoms with Crippen LogP contribution in [0.2, 0.25) is 0 Å². The molecule has 0 aliphatic heterocycles. The molecule has 2 aromatic heterocycles. The van der Waals surface area contributed by atoms with Gasteiger partial charge in [-0.1, -0.05) is 24.8 Å². The van der Waals surface area contributed by atoms with Gasteiger partial charge in [0, 0.05) is 18.8 Å². The van der Waals surface area contributed by atoms with Gasteiger partial charge in [-0.25, -0.2) is 4.98 Å². The molecule has 0 atom stereocenters. The van der Waals surface area contributed by atoms with E-state index in [9.17, 15) is 0 Å². The minimum atomic E-state index is -0.382. The Hall–Kier alpha value is -2.15. The van der Waals surface area contributed by atoms with Crippen molar-refractivity contribution in [2.75, 3.05) is 25.0 Å². The highest BCUT2D eigenvalue weighted by Gasteiger charge is 2.16. The molecule has 0 bridgehead atoms. The summed E-state index contributed by atoms with van der Waals surface area (Å²) in [6, 6.07) is 6.08. The van der Waals surface area contributed by atoms with Crippen molar-refractivity contribution in [3.63, 3.8) is 0 Å². The molecule has 0 aliphatic carbocycles. The molecule has 0 aliphatic rings. The zero-order chi connectivity index (χ0) is 21.3. The lowest BCUT2D eigenvalue weighted by Crippen LogP contribution is -2.36. The summed E-state index contributed by atoms with van der Waals surface area (Å²) in [5, 5.41) is 8.78. The molecule has 0 fully saturated rings. The van der Waals surface area contributed by atoms with Gasteiger partial charge in [-0.3, -0.25) is 9.27 Å². The van der Waals surface area contributed by atoms with E-state index < -0.39 is 0 Å². The van der Waals surface area contributed by atoms with E-state index in [4.69, 9.17) is 21.1 Å². The third kappa shape index (κ3) is 6.99. The summed E-state index contributed by atoms with van der Waals surface area (Å²) in [4.78, 5) is 9.41. The van der Waals surface area contributed by atoms with E-state index in [1.54, 1.807) is 6.08 Å². The zero-order valence-corrected chi connectivity index (χ0v) is 18.6. The largest absolute Gasteiger partial charge is 0.356 e. The van der Waals surface area contributed by atoms with Gasteiger partial charge in [0.25, 0.3) is 0 Å². The van der Waals surface area contributed by atoms with Crippen LogP contribution in [0.4, 0.5) is 5.95 Å². The van der Waals surface area contributed by atoms with Gasteiger partial charge in [0.05, 0.1) is 40.4 Å². The quantitative estimate of drug-likeness (QED) is 0.550. The number of aryl methyl sites for hydroxylation is 1. The molecule has 0 amide bonds. The number of rotatable bonds is 11. The number of nitrogens with zero attached hydrogens (tertiary/aromatic N) is 3. The SMILES string of the molecule is C=C/C=c1/nc(NCCCNCC(C)(C)OCl)n(Cc2cccc(C)n2)/c1=C/C. The van der Waals surface area contributed by atoms with Gasteiger partial charge in [0.15, 0.2) is 0 Å². The fraction of sp³-hybridized carbons (Fsp3) is 0.455. The predicted molar refractivity (Wildman–Crippen MR) is 121 cm³/mol. The molecule has 0 radical (unpaired) electrons. The number of aromatic nitrogens is 3. The molecule has 0 aromatic carbocycles. The maximum Gasteiger partial charge on any atom is 0.204 e. The predicted octanol–water partition coefficient (Wildman–Crippen LogP) is 2.74. The van der Waals surface area contributed by atoms with Crippen LogP contribution in [0, 0.1) is 6.92 Å². The van der Waals surface area contributed by atoms with Gasteiger partial charge < -0.3 is 15.2 Å². The first-order chi connectivity index (χ1) is 13.9. The lowest BCUT2D eigenvalue weighted by atomic mass is 10.1. The van der Waals surface area contributed by atoms with E-state index in [1.807, 2.05) is 52.0 Å². The fourth-order valence-corrected chi connectivity index (χ4v) is 3.05. The summed E-state index contributed by atoms with van der Waals surface area (Å²) in [6.07, 6.45) is 6.70. The zero-order valence-electron chi connectivity index (χ0n) is 17.8. The van der Waals surface area contributed by atoms with E-state index in [2.05, 4.69) is 32.8 Å². The number of nitrogens with one attached hydrogen (secondary N) is 2. The normalized spacial score (nSPS) is 13.1. The summed E-state index contributed by atoms with van der Waals surface area (Å²) in [7, 11) is 0. The van der Waals surface area contributed by atoms with Gasteiger partial charge in [-0.2, -0.15) is 0 Å². The minimum absolute atomic E-state index is 0.382. The van der Waals surface area contributed by atoms with Crippen LogP contribution in [0.1, 0.15) is 38.6 Å². The molecule has 158 valence electrons. The molecule has 0 spiro atoms. The number of allylic oxidation sites excluding steroid dienone is 1. The van der Waals surface area contributed by atoms with Gasteiger partial charge >= 0.3 is 0 Å². The van der Waals surface area contributed by atoms with Crippen molar-refractivity contribution in [3.05, 3.63) is 52.9 Å². The van der Waals surface area contributed by atoms with E-state index in [0.717, 1.165) is 47.5 Å². The molecular weight excluding hydrogens is 386 g/mol. The van der Waals surface area contributed by atoms with Gasteiger partial charge in [-0.05, 0) is 58.9 Å². The average molecular weight is 418 g/mol. The Kier molecular flexibility index (Phi) is 8.89. The standard InChI is InChI=1S/C22H32ClN5O/c1-6-10-19-20(7-2)28(15-18-12-8-11-17(3)26-18)21(27-19)25-14-9-13-24-16-22(4,5)29-23/h6-8,10-12,24H,1,9,13-16H2,2-5H3,(H,25,27)/b19-10+,20-7+. The summed E-state index contributed by atoms with van der Waals surface area (Å²) >= 11 is 5.48. The Morgan fingerprint density at radius 1 is 1.28 bits per heavy atom. The van der Waals surface area contributed by atoms with Crippen molar-refractivity contribution in [2.45, 2.75) is 46.3 Å². The first-order valence-corrected chi connectivity index (χ1v) is 10.2. The van der Waals surface area contributed by atoms with Crippen molar-refractivity contribution >= 4 is 30.0 Å². The third-order valence-electron chi connectivity index (χ3n) is 4.42. The van der Waals surface area contributed by atoms with E-state index in [-0.39, 0.29) is 5.60 Å². The lowest BCUT2D eigenvalue weighted by Gasteiger charge is -2.20. The van der Waals surface area contributed by atoms with E-state index >= 15 is 0 Å². The maximum absolute atomic E-state index is 5.48. The van der Waals surface area contributed by atoms with Crippen LogP contribution < -0.4 is 21.3 Å². The Labute approximate surface area is 178 Å². The molecule has 0 saturated carbocycles. The Bertz CT molecular complexity index is 920. The number of hydrogen-bond donors (Lipinski definition) is 2. The second kappa shape index (κ2) is 11.1. The molecule has 0 unspecified atom stereocenters. The molecule has 6 nitrogen and oxygen atoms in total. The summed E-state index contributed by atoms with van der Waals surface area (Å²) < 4.78 is 7.07. The highest BCUT2D eigenvalue weighted by atomic mass is 35.5. The maximum atomic E-state index is 5.48. The Balaban J connectivity index is 2.10. The lowest BCUT2D eigenvalue weighted by molar-refractivity contribution is 0.123. The van der Waals surface area contributed by atoms with Crippen LogP contribution in [0.5, 0.6) is 0 Å². The number of halogens is 1. The minimum Gasteiger partial charge on any atom is -0.356 e. The topological polar surface area (TPSA) is 64.0 Å². The van der Waals surface area contributed by atoms with Crippen LogP contribution in [-0.4, -0.2) is 39.8 Å². The number of imidazole rings is 1. The van der Waals surface area contributed by atoms with Crippen molar-refractivity contribution < 1.29 is 4.29 Å². The molecule has 7 heteroatoms. The summed E-state index contributed by atoms with van der Waals surface area (Å²) in [5.74, 6) is 0.832. The van der Waals surface area contributed by atoms with Crippen LogP contribution in [0.3, 0.4) is 0 Å². The molecule has 0 saturated heterocycles. The first kappa shape index (κ1) is 23.1. The van der Waals surface area contributed by atoms with Crippen LogP contribution >= 0.6 is 11.9 Å². The second-order valence-corrected chi connectivity index (χ2v) is 7.70. The molecule has 29 heavy (non-hydrogen) atoms. The molecule has 2 aromatic rings. The molecule has 2 heterocycles. The van der Waals surface area contributed by atoms with E-state index in [0.29, 0.717) is 13.1 Å². The highest BCUT2D eigenvalue weighted by molar-refractivity contribution is 6.07. The average Bonchev–Trinajstić information content (AvgIpc) is 3.01. The van der Waals surface area contributed by atoms with E-state index in [1.165, 1.54) is 0 Å². The molecule has 2 rings (SSSR count). The monoisotopic (exact) mass is 417 g/mol. The van der Waals surface area contributed by atoms with Gasteiger partial charge in [-0.15, -0.1) is 0 Å². The smallest absolute Gasteiger partial charge is 0.204 e. The molecule has 2 N–H and O–H groups in total. The Morgan fingerprint density at radius 3 is 2.72 bits per heavy atom. The summed E-state index contributed by atoms with van der Waals surface area (Å²) in [6.45, 7) is 14.7. The highest BCUT2D eigenvalue weighted by Crippen LogP contribution is 2.09. The summed E-state index contributed by atoms with van der Waals surface area (Å²) in [5.41, 5.74) is 1.63. The van der Waals surface area contributed by atoms with Crippen molar-refractivity contribution in [1.82, 2.24) is 19.9 Å². The Morgan fingerprint density at radius 2 is 2.07 bits per heavy atom. The third-order valence-corrected chi connectivity index (χ3v) is 4.84. The first-order valence-electron chi connectivity index (χ1n) is 9.92. The number of hydrogen-bond acceptors (Lipinski definition) is 5. The van der Waals surface area contributed by atoms with Gasteiger partial charge in [0.2, 0.25) is 5.95 Å². The van der Waals surface area contributed by atoms with Gasteiger partial charge in [0.1, 0.15) is 0 Å². The number of anilines is 1. The van der Waals surface area contributed by atoms with Crippen LogP contribution in [0.25, 0.3) is 12.2 Å². The van der Waals surface area contributed by atoms with Crippen molar-refractivity contribution in [3.8, 4) is 0 Å². The number of pyridine rings is 1. The van der Waals surface area contributed by atoms with Crippen molar-refractivity contribution in [1.29, 1.82) is 0 Å². The second-order valence-electron chi connectivity index (χ2n) is 7.55. The van der Waals surface area contributed by atoms with Crippen molar-refractivity contribution in [2.24, 2.45) is 0 Å². The molecular formula is C22H32ClN5O. The van der Waals surface area contributed by atoms with Crippen LogP contribution in [-0.2, 0) is 10.8 Å².